The van der Waals surface area contributed by atoms with Gasteiger partial charge in [0.05, 0.1) is 18.4 Å². The number of methoxy groups -OCH3 is 1. The van der Waals surface area contributed by atoms with Gasteiger partial charge in [0.2, 0.25) is 0 Å². The molecule has 3 N–H and O–H groups in total. The van der Waals surface area contributed by atoms with Gasteiger partial charge in [-0.05, 0) is 43.9 Å². The van der Waals surface area contributed by atoms with E-state index in [-0.39, 0.29) is 12.5 Å². The maximum absolute atomic E-state index is 11.9. The Kier molecular flexibility index (Phi) is 4.93. The lowest BCUT2D eigenvalue weighted by molar-refractivity contribution is -0.136. The minimum atomic E-state index is -0.982. The number of halogens is 1. The van der Waals surface area contributed by atoms with Gasteiger partial charge in [-0.2, -0.15) is 0 Å². The zero-order valence-corrected chi connectivity index (χ0v) is 13.2. The van der Waals surface area contributed by atoms with Crippen LogP contribution in [0.3, 0.4) is 0 Å². The second kappa shape index (κ2) is 6.54. The molecular formula is C15H19ClN2O4. The van der Waals surface area contributed by atoms with E-state index in [2.05, 4.69) is 10.6 Å². The first-order chi connectivity index (χ1) is 10.3. The van der Waals surface area contributed by atoms with Crippen molar-refractivity contribution < 1.29 is 19.4 Å². The first-order valence-electron chi connectivity index (χ1n) is 6.98. The molecule has 2 amide bonds. The Hall–Kier alpha value is -1.79. The summed E-state index contributed by atoms with van der Waals surface area (Å²) in [6.07, 6.45) is 1.88. The fourth-order valence-corrected chi connectivity index (χ4v) is 2.32. The summed E-state index contributed by atoms with van der Waals surface area (Å²) in [5.74, 6) is -1.07. The number of benzene rings is 1. The fourth-order valence-electron chi connectivity index (χ4n) is 2.15. The van der Waals surface area contributed by atoms with E-state index in [1.807, 2.05) is 0 Å². The van der Waals surface area contributed by atoms with Crippen molar-refractivity contribution in [1.29, 1.82) is 0 Å². The fraction of sp³-hybridized carbons (Fsp3) is 0.467. The summed E-state index contributed by atoms with van der Waals surface area (Å²) in [7, 11) is 1.45. The van der Waals surface area contributed by atoms with Crippen LogP contribution in [0.25, 0.3) is 0 Å². The third-order valence-electron chi connectivity index (χ3n) is 3.68. The Morgan fingerprint density at radius 3 is 2.68 bits per heavy atom. The summed E-state index contributed by atoms with van der Waals surface area (Å²) in [5, 5.41) is 15.4. The van der Waals surface area contributed by atoms with Gasteiger partial charge in [-0.1, -0.05) is 11.6 Å². The Labute approximate surface area is 133 Å². The van der Waals surface area contributed by atoms with E-state index in [9.17, 15) is 14.7 Å². The van der Waals surface area contributed by atoms with Gasteiger partial charge in [0, 0.05) is 11.6 Å². The molecule has 0 unspecified atom stereocenters. The van der Waals surface area contributed by atoms with Crippen molar-refractivity contribution >= 4 is 29.1 Å². The SMILES string of the molecule is COc1ccc(Cl)cc1NC(=O)C(=O)NC[C@](C)(O)C1CC1. The normalized spacial score (nSPS) is 16.5. The van der Waals surface area contributed by atoms with Crippen LogP contribution in [0.5, 0.6) is 5.75 Å². The topological polar surface area (TPSA) is 87.7 Å². The minimum Gasteiger partial charge on any atom is -0.495 e. The van der Waals surface area contributed by atoms with Crippen LogP contribution >= 0.6 is 11.6 Å². The lowest BCUT2D eigenvalue weighted by atomic mass is 10.0. The molecule has 0 saturated heterocycles. The van der Waals surface area contributed by atoms with Crippen LogP contribution < -0.4 is 15.4 Å². The largest absolute Gasteiger partial charge is 0.495 e. The van der Waals surface area contributed by atoms with Gasteiger partial charge < -0.3 is 20.5 Å². The molecule has 0 radical (unpaired) electrons. The van der Waals surface area contributed by atoms with Gasteiger partial charge in [-0.15, -0.1) is 0 Å². The quantitative estimate of drug-likeness (QED) is 0.717. The zero-order valence-electron chi connectivity index (χ0n) is 12.5. The van der Waals surface area contributed by atoms with Crippen LogP contribution in [0.1, 0.15) is 19.8 Å². The van der Waals surface area contributed by atoms with Crippen LogP contribution in [-0.4, -0.2) is 36.2 Å². The molecule has 2 rings (SSSR count). The van der Waals surface area contributed by atoms with E-state index in [0.29, 0.717) is 16.5 Å². The number of anilines is 1. The Morgan fingerprint density at radius 1 is 1.41 bits per heavy atom. The number of nitrogens with one attached hydrogen (secondary N) is 2. The van der Waals surface area contributed by atoms with E-state index in [4.69, 9.17) is 16.3 Å². The number of carbonyl (C=O) groups is 2. The summed E-state index contributed by atoms with van der Waals surface area (Å²) >= 11 is 5.86. The number of aliphatic hydroxyl groups is 1. The summed E-state index contributed by atoms with van der Waals surface area (Å²) < 4.78 is 5.09. The van der Waals surface area contributed by atoms with Gasteiger partial charge in [0.1, 0.15) is 5.75 Å². The molecule has 0 heterocycles. The third-order valence-corrected chi connectivity index (χ3v) is 3.91. The average molecular weight is 327 g/mol. The standard InChI is InChI=1S/C15H19ClN2O4/c1-15(21,9-3-4-9)8-17-13(19)14(20)18-11-7-10(16)5-6-12(11)22-2/h5-7,9,21H,3-4,8H2,1-2H3,(H,17,19)(H,18,20)/t15-/m0/s1. The molecule has 1 aromatic carbocycles. The second-order valence-electron chi connectivity index (χ2n) is 5.61. The van der Waals surface area contributed by atoms with Gasteiger partial charge in [0.15, 0.2) is 0 Å². The number of ether oxygens (including phenoxy) is 1. The monoisotopic (exact) mass is 326 g/mol. The molecule has 6 nitrogen and oxygen atoms in total. The lowest BCUT2D eigenvalue weighted by Gasteiger charge is -2.23. The van der Waals surface area contributed by atoms with E-state index >= 15 is 0 Å². The predicted octanol–water partition coefficient (Wildman–Crippen LogP) is 1.56. The zero-order chi connectivity index (χ0) is 16.3. The highest BCUT2D eigenvalue weighted by Gasteiger charge is 2.40. The molecule has 1 aliphatic carbocycles. The second-order valence-corrected chi connectivity index (χ2v) is 6.05. The number of carbonyl (C=O) groups excluding carboxylic acids is 2. The number of hydrogen-bond acceptors (Lipinski definition) is 4. The molecule has 0 spiro atoms. The van der Waals surface area contributed by atoms with Crippen molar-refractivity contribution in [2.45, 2.75) is 25.4 Å². The summed E-state index contributed by atoms with van der Waals surface area (Å²) in [4.78, 5) is 23.7. The van der Waals surface area contributed by atoms with Crippen molar-refractivity contribution in [3.8, 4) is 5.75 Å². The third kappa shape index (κ3) is 4.11. The van der Waals surface area contributed by atoms with Gasteiger partial charge in [-0.3, -0.25) is 9.59 Å². The van der Waals surface area contributed by atoms with Gasteiger partial charge in [-0.25, -0.2) is 0 Å². The van der Waals surface area contributed by atoms with E-state index in [1.54, 1.807) is 19.1 Å². The first-order valence-corrected chi connectivity index (χ1v) is 7.36. The molecule has 0 aliphatic heterocycles. The summed E-state index contributed by atoms with van der Waals surface area (Å²) in [5.41, 5.74) is -0.673. The Morgan fingerprint density at radius 2 is 2.09 bits per heavy atom. The van der Waals surface area contributed by atoms with Gasteiger partial charge >= 0.3 is 11.8 Å². The molecule has 7 heteroatoms. The molecule has 120 valence electrons. The maximum Gasteiger partial charge on any atom is 0.313 e. The molecule has 1 fully saturated rings. The average Bonchev–Trinajstić information content (AvgIpc) is 3.30. The highest BCUT2D eigenvalue weighted by Crippen LogP contribution is 2.39. The Balaban J connectivity index is 1.94. The highest BCUT2D eigenvalue weighted by atomic mass is 35.5. The molecule has 1 aromatic rings. The highest BCUT2D eigenvalue weighted by molar-refractivity contribution is 6.40. The molecule has 0 bridgehead atoms. The van der Waals surface area contributed by atoms with Crippen molar-refractivity contribution in [3.63, 3.8) is 0 Å². The minimum absolute atomic E-state index is 0.0383. The van der Waals surface area contributed by atoms with E-state index in [1.165, 1.54) is 13.2 Å². The molecule has 1 atom stereocenters. The molecule has 0 aromatic heterocycles. The number of amides is 2. The Bertz CT molecular complexity index is 585. The molecule has 1 saturated carbocycles. The van der Waals surface area contributed by atoms with Crippen LogP contribution in [0.15, 0.2) is 18.2 Å². The number of rotatable bonds is 5. The van der Waals surface area contributed by atoms with Crippen LogP contribution in [0.2, 0.25) is 5.02 Å². The molecular weight excluding hydrogens is 308 g/mol. The smallest absolute Gasteiger partial charge is 0.313 e. The van der Waals surface area contributed by atoms with Crippen LogP contribution in [-0.2, 0) is 9.59 Å². The predicted molar refractivity (Wildman–Crippen MR) is 83.0 cm³/mol. The molecule has 1 aliphatic rings. The van der Waals surface area contributed by atoms with Crippen molar-refractivity contribution in [2.24, 2.45) is 5.92 Å². The van der Waals surface area contributed by atoms with Crippen LogP contribution in [0, 0.1) is 5.92 Å². The summed E-state index contributed by atoms with van der Waals surface area (Å²) in [6.45, 7) is 1.69. The first kappa shape index (κ1) is 16.6. The van der Waals surface area contributed by atoms with E-state index in [0.717, 1.165) is 12.8 Å². The van der Waals surface area contributed by atoms with Crippen molar-refractivity contribution in [3.05, 3.63) is 23.2 Å². The van der Waals surface area contributed by atoms with E-state index < -0.39 is 17.4 Å². The molecule has 22 heavy (non-hydrogen) atoms. The number of hydrogen-bond donors (Lipinski definition) is 3. The maximum atomic E-state index is 11.9. The van der Waals surface area contributed by atoms with Crippen molar-refractivity contribution in [1.82, 2.24) is 5.32 Å². The summed E-state index contributed by atoms with van der Waals surface area (Å²) in [6, 6.07) is 4.70. The van der Waals surface area contributed by atoms with Crippen molar-refractivity contribution in [2.75, 3.05) is 19.0 Å². The van der Waals surface area contributed by atoms with Crippen LogP contribution in [0.4, 0.5) is 5.69 Å². The lowest BCUT2D eigenvalue weighted by Crippen LogP contribution is -2.45. The van der Waals surface area contributed by atoms with Gasteiger partial charge in [0.25, 0.3) is 0 Å².